The topological polar surface area (TPSA) is 41.7 Å². The number of hydrogen-bond acceptors (Lipinski definition) is 5. The van der Waals surface area contributed by atoms with Gasteiger partial charge >= 0.3 is 0 Å². The van der Waals surface area contributed by atoms with E-state index >= 15 is 0 Å². The summed E-state index contributed by atoms with van der Waals surface area (Å²) in [7, 11) is 0. The van der Waals surface area contributed by atoms with Gasteiger partial charge in [-0.3, -0.25) is 0 Å². The molecule has 0 amide bonds. The summed E-state index contributed by atoms with van der Waals surface area (Å²) in [5.74, 6) is 1.55. The highest BCUT2D eigenvalue weighted by molar-refractivity contribution is 5.54. The van der Waals surface area contributed by atoms with Gasteiger partial charge in [-0.25, -0.2) is 4.98 Å². The third-order valence-electron chi connectivity index (χ3n) is 5.45. The quantitative estimate of drug-likeness (QED) is 0.633. The maximum Gasteiger partial charge on any atom is 0.226 e. The normalized spacial score (nSPS) is 19.5. The van der Waals surface area contributed by atoms with Gasteiger partial charge in [0.15, 0.2) is 0 Å². The Labute approximate surface area is 167 Å². The maximum absolute atomic E-state index is 5.90. The summed E-state index contributed by atoms with van der Waals surface area (Å²) in [6, 6.07) is 8.74. The van der Waals surface area contributed by atoms with E-state index in [4.69, 9.17) is 9.15 Å². The molecule has 1 saturated heterocycles. The first-order valence-corrected chi connectivity index (χ1v) is 10.3. The molecule has 0 bridgehead atoms. The molecule has 2 aromatic rings. The fourth-order valence-corrected chi connectivity index (χ4v) is 3.82. The van der Waals surface area contributed by atoms with Gasteiger partial charge in [-0.15, -0.1) is 0 Å². The number of hydrogen-bond donors (Lipinski definition) is 0. The Hall–Kier alpha value is -2.53. The SMILES string of the molecule is CC1CCCN1CCCOc1ccc(-c2nc(CN3C=CC=CC3)co2)cc1. The molecule has 28 heavy (non-hydrogen) atoms. The number of aromatic nitrogens is 1. The van der Waals surface area contributed by atoms with E-state index in [1.807, 2.05) is 30.3 Å². The van der Waals surface area contributed by atoms with Gasteiger partial charge in [-0.2, -0.15) is 0 Å². The van der Waals surface area contributed by atoms with Crippen LogP contribution in [0.2, 0.25) is 0 Å². The van der Waals surface area contributed by atoms with Gasteiger partial charge in [0.05, 0.1) is 18.8 Å². The third kappa shape index (κ3) is 4.84. The summed E-state index contributed by atoms with van der Waals surface area (Å²) in [6.07, 6.45) is 13.8. The Morgan fingerprint density at radius 3 is 2.86 bits per heavy atom. The average Bonchev–Trinajstić information content (AvgIpc) is 3.36. The number of ether oxygens (including phenoxy) is 1. The number of benzene rings is 1. The summed E-state index contributed by atoms with van der Waals surface area (Å²) in [5.41, 5.74) is 1.91. The standard InChI is InChI=1S/C23H29N3O2/c1-19-7-5-14-26(19)15-6-16-27-22-10-8-20(9-11-22)23-24-21(18-28-23)17-25-12-3-2-4-13-25/h2-4,8-12,18-19H,5-7,13-17H2,1H3. The molecule has 2 aliphatic heterocycles. The van der Waals surface area contributed by atoms with Crippen molar-refractivity contribution >= 4 is 0 Å². The number of likely N-dealkylation sites (tertiary alicyclic amines) is 1. The van der Waals surface area contributed by atoms with E-state index in [2.05, 4.69) is 40.1 Å². The van der Waals surface area contributed by atoms with E-state index in [1.54, 1.807) is 6.26 Å². The second-order valence-electron chi connectivity index (χ2n) is 7.60. The van der Waals surface area contributed by atoms with Crippen LogP contribution >= 0.6 is 0 Å². The van der Waals surface area contributed by atoms with E-state index in [0.29, 0.717) is 5.89 Å². The van der Waals surface area contributed by atoms with Gasteiger partial charge in [0.2, 0.25) is 5.89 Å². The molecule has 5 heteroatoms. The Balaban J connectivity index is 1.25. The predicted octanol–water partition coefficient (Wildman–Crippen LogP) is 4.48. The molecular formula is C23H29N3O2. The Kier molecular flexibility index (Phi) is 6.12. The highest BCUT2D eigenvalue weighted by atomic mass is 16.5. The van der Waals surface area contributed by atoms with Crippen LogP contribution in [-0.2, 0) is 6.54 Å². The zero-order valence-electron chi connectivity index (χ0n) is 16.6. The average molecular weight is 380 g/mol. The lowest BCUT2D eigenvalue weighted by molar-refractivity contribution is 0.230. The predicted molar refractivity (Wildman–Crippen MR) is 111 cm³/mol. The van der Waals surface area contributed by atoms with Crippen molar-refractivity contribution in [3.05, 3.63) is 60.7 Å². The van der Waals surface area contributed by atoms with E-state index in [0.717, 1.165) is 55.7 Å². The molecule has 1 atom stereocenters. The molecule has 4 rings (SSSR count). The van der Waals surface area contributed by atoms with Crippen molar-refractivity contribution in [1.82, 2.24) is 14.8 Å². The first kappa shape index (κ1) is 18.8. The first-order chi connectivity index (χ1) is 13.8. The third-order valence-corrected chi connectivity index (χ3v) is 5.45. The summed E-state index contributed by atoms with van der Waals surface area (Å²) in [5, 5.41) is 0. The molecule has 0 aliphatic carbocycles. The lowest BCUT2D eigenvalue weighted by Crippen LogP contribution is -2.28. The van der Waals surface area contributed by atoms with Gasteiger partial charge in [-0.05, 0) is 69.3 Å². The van der Waals surface area contributed by atoms with Crippen molar-refractivity contribution in [1.29, 1.82) is 0 Å². The van der Waals surface area contributed by atoms with Crippen LogP contribution in [0.1, 0.15) is 31.9 Å². The van der Waals surface area contributed by atoms with Gasteiger partial charge in [0.25, 0.3) is 0 Å². The van der Waals surface area contributed by atoms with Crippen LogP contribution in [0.5, 0.6) is 5.75 Å². The van der Waals surface area contributed by atoms with Gasteiger partial charge < -0.3 is 19.0 Å². The van der Waals surface area contributed by atoms with E-state index in [-0.39, 0.29) is 0 Å². The number of nitrogens with zero attached hydrogens (tertiary/aromatic N) is 3. The second kappa shape index (κ2) is 9.11. The Morgan fingerprint density at radius 1 is 1.21 bits per heavy atom. The lowest BCUT2D eigenvalue weighted by Gasteiger charge is -2.20. The van der Waals surface area contributed by atoms with Crippen LogP contribution < -0.4 is 4.74 Å². The highest BCUT2D eigenvalue weighted by Gasteiger charge is 2.19. The molecule has 5 nitrogen and oxygen atoms in total. The van der Waals surface area contributed by atoms with E-state index in [9.17, 15) is 0 Å². The number of rotatable bonds is 8. The molecule has 148 valence electrons. The largest absolute Gasteiger partial charge is 0.494 e. The molecule has 0 spiro atoms. The van der Waals surface area contributed by atoms with E-state index < -0.39 is 0 Å². The van der Waals surface area contributed by atoms with Crippen molar-refractivity contribution in [3.63, 3.8) is 0 Å². The maximum atomic E-state index is 5.90. The summed E-state index contributed by atoms with van der Waals surface area (Å²) in [6.45, 7) is 7.09. The Bertz CT molecular complexity index is 810. The van der Waals surface area contributed by atoms with Gasteiger partial charge in [-0.1, -0.05) is 12.2 Å². The molecule has 2 aliphatic rings. The summed E-state index contributed by atoms with van der Waals surface area (Å²) >= 11 is 0. The summed E-state index contributed by atoms with van der Waals surface area (Å²) in [4.78, 5) is 9.37. The number of allylic oxidation sites excluding steroid dienone is 2. The molecule has 0 N–H and O–H groups in total. The van der Waals surface area contributed by atoms with Crippen molar-refractivity contribution in [2.24, 2.45) is 0 Å². The summed E-state index contributed by atoms with van der Waals surface area (Å²) < 4.78 is 11.6. The van der Waals surface area contributed by atoms with Crippen molar-refractivity contribution in [2.45, 2.75) is 38.8 Å². The van der Waals surface area contributed by atoms with Crippen LogP contribution in [0.3, 0.4) is 0 Å². The minimum atomic E-state index is 0.654. The minimum absolute atomic E-state index is 0.654. The van der Waals surface area contributed by atoms with Crippen LogP contribution in [0.25, 0.3) is 11.5 Å². The second-order valence-corrected chi connectivity index (χ2v) is 7.60. The van der Waals surface area contributed by atoms with Gasteiger partial charge in [0, 0.05) is 24.7 Å². The fraction of sp³-hybridized carbons (Fsp3) is 0.435. The van der Waals surface area contributed by atoms with Crippen molar-refractivity contribution in [2.75, 3.05) is 26.2 Å². The fourth-order valence-electron chi connectivity index (χ4n) is 3.82. The van der Waals surface area contributed by atoms with Gasteiger partial charge in [0.1, 0.15) is 12.0 Å². The molecule has 0 radical (unpaired) electrons. The van der Waals surface area contributed by atoms with Crippen molar-refractivity contribution in [3.8, 4) is 17.2 Å². The van der Waals surface area contributed by atoms with Crippen LogP contribution in [0.15, 0.2) is 59.4 Å². The number of oxazole rings is 1. The van der Waals surface area contributed by atoms with Crippen LogP contribution in [0.4, 0.5) is 0 Å². The van der Waals surface area contributed by atoms with E-state index in [1.165, 1.54) is 19.4 Å². The molecule has 1 aromatic carbocycles. The zero-order valence-corrected chi connectivity index (χ0v) is 16.6. The Morgan fingerprint density at radius 2 is 2.11 bits per heavy atom. The van der Waals surface area contributed by atoms with Crippen LogP contribution in [0, 0.1) is 0 Å². The molecule has 0 saturated carbocycles. The highest BCUT2D eigenvalue weighted by Crippen LogP contribution is 2.23. The molecule has 1 unspecified atom stereocenters. The molecule has 1 fully saturated rings. The lowest BCUT2D eigenvalue weighted by atomic mass is 10.2. The van der Waals surface area contributed by atoms with Crippen LogP contribution in [-0.4, -0.2) is 47.1 Å². The monoisotopic (exact) mass is 379 g/mol. The molecule has 3 heterocycles. The molecular weight excluding hydrogens is 350 g/mol. The minimum Gasteiger partial charge on any atom is -0.494 e. The smallest absolute Gasteiger partial charge is 0.226 e. The van der Waals surface area contributed by atoms with Crippen molar-refractivity contribution < 1.29 is 9.15 Å². The zero-order chi connectivity index (χ0) is 19.2. The first-order valence-electron chi connectivity index (χ1n) is 10.3. The molecule has 1 aromatic heterocycles.